The van der Waals surface area contributed by atoms with Crippen LogP contribution >= 0.6 is 0 Å². The quantitative estimate of drug-likeness (QED) is 0.768. The number of hydrogen-bond acceptors (Lipinski definition) is 2. The molecule has 98 valence electrons. The molecule has 0 amide bonds. The van der Waals surface area contributed by atoms with Crippen LogP contribution < -0.4 is 4.74 Å². The summed E-state index contributed by atoms with van der Waals surface area (Å²) in [6, 6.07) is 2.10. The lowest BCUT2D eigenvalue weighted by atomic mass is 9.80. The van der Waals surface area contributed by atoms with Crippen LogP contribution in [-0.2, 0) is 0 Å². The first kappa shape index (κ1) is 13.0. The molecule has 0 aromatic heterocycles. The number of hydrogen-bond donors (Lipinski definition) is 0. The number of benzene rings is 1. The first-order valence-corrected chi connectivity index (χ1v) is 6.06. The molecule has 4 heteroatoms. The summed E-state index contributed by atoms with van der Waals surface area (Å²) < 4.78 is 32.4. The third kappa shape index (κ3) is 2.11. The van der Waals surface area contributed by atoms with E-state index in [1.54, 1.807) is 6.92 Å². The van der Waals surface area contributed by atoms with Crippen molar-refractivity contribution in [3.8, 4) is 5.75 Å². The molecule has 0 saturated heterocycles. The van der Waals surface area contributed by atoms with E-state index in [4.69, 9.17) is 4.74 Å². The third-order valence-corrected chi connectivity index (χ3v) is 3.73. The van der Waals surface area contributed by atoms with Crippen molar-refractivity contribution >= 4 is 5.78 Å². The minimum atomic E-state index is -0.843. The Hall–Kier alpha value is -1.45. The smallest absolute Gasteiger partial charge is 0.174 e. The van der Waals surface area contributed by atoms with Gasteiger partial charge in [-0.25, -0.2) is 8.78 Å². The van der Waals surface area contributed by atoms with Crippen molar-refractivity contribution < 1.29 is 18.3 Å². The van der Waals surface area contributed by atoms with Crippen molar-refractivity contribution in [3.05, 3.63) is 29.3 Å². The molecule has 18 heavy (non-hydrogen) atoms. The summed E-state index contributed by atoms with van der Waals surface area (Å²) in [4.78, 5) is 12.3. The summed E-state index contributed by atoms with van der Waals surface area (Å²) in [5.41, 5.74) is -1.06. The van der Waals surface area contributed by atoms with Gasteiger partial charge in [0, 0.05) is 17.5 Å². The minimum absolute atomic E-state index is 0.0816. The SMILES string of the molecule is COc1cc(F)c(C(=O)C2(C)CCCC2)c(F)c1. The van der Waals surface area contributed by atoms with E-state index in [-0.39, 0.29) is 5.75 Å². The zero-order valence-electron chi connectivity index (χ0n) is 10.6. The second kappa shape index (κ2) is 4.67. The maximum atomic E-state index is 13.8. The first-order valence-electron chi connectivity index (χ1n) is 6.06. The van der Waals surface area contributed by atoms with E-state index in [2.05, 4.69) is 0 Å². The normalized spacial score (nSPS) is 17.8. The monoisotopic (exact) mass is 254 g/mol. The van der Waals surface area contributed by atoms with Crippen LogP contribution in [-0.4, -0.2) is 12.9 Å². The molecule has 0 bridgehead atoms. The Morgan fingerprint density at radius 3 is 2.17 bits per heavy atom. The summed E-state index contributed by atoms with van der Waals surface area (Å²) in [6.07, 6.45) is 3.25. The van der Waals surface area contributed by atoms with Gasteiger partial charge >= 0.3 is 0 Å². The summed E-state index contributed by atoms with van der Waals surface area (Å²) in [7, 11) is 1.33. The van der Waals surface area contributed by atoms with E-state index in [0.29, 0.717) is 12.8 Å². The molecule has 2 nitrogen and oxygen atoms in total. The number of carbonyl (C=O) groups excluding carboxylic acids is 1. The van der Waals surface area contributed by atoms with Crippen molar-refractivity contribution in [3.63, 3.8) is 0 Å². The molecule has 0 unspecified atom stereocenters. The van der Waals surface area contributed by atoms with Crippen LogP contribution in [0.5, 0.6) is 5.75 Å². The molecule has 0 atom stereocenters. The molecule has 0 radical (unpaired) electrons. The number of methoxy groups -OCH3 is 1. The average molecular weight is 254 g/mol. The molecule has 1 aromatic rings. The van der Waals surface area contributed by atoms with Crippen molar-refractivity contribution in [2.75, 3.05) is 7.11 Å². The number of ketones is 1. The molecule has 2 rings (SSSR count). The molecule has 0 heterocycles. The van der Waals surface area contributed by atoms with Crippen LogP contribution in [0.1, 0.15) is 43.0 Å². The van der Waals surface area contributed by atoms with Gasteiger partial charge in [-0.05, 0) is 12.8 Å². The fourth-order valence-corrected chi connectivity index (χ4v) is 2.57. The number of halogens is 2. The van der Waals surface area contributed by atoms with Gasteiger partial charge in [0.05, 0.1) is 12.7 Å². The van der Waals surface area contributed by atoms with Gasteiger partial charge in [-0.2, -0.15) is 0 Å². The molecule has 1 aliphatic carbocycles. The van der Waals surface area contributed by atoms with Crippen LogP contribution in [0, 0.1) is 17.0 Å². The van der Waals surface area contributed by atoms with Gasteiger partial charge < -0.3 is 4.74 Å². The molecule has 1 aromatic carbocycles. The van der Waals surface area contributed by atoms with Gasteiger partial charge in [0.1, 0.15) is 17.4 Å². The molecule has 0 N–H and O–H groups in total. The van der Waals surface area contributed by atoms with Crippen molar-refractivity contribution in [1.82, 2.24) is 0 Å². The zero-order chi connectivity index (χ0) is 13.3. The van der Waals surface area contributed by atoms with E-state index in [0.717, 1.165) is 25.0 Å². The first-order chi connectivity index (χ1) is 8.48. The van der Waals surface area contributed by atoms with Crippen molar-refractivity contribution in [1.29, 1.82) is 0 Å². The lowest BCUT2D eigenvalue weighted by molar-refractivity contribution is 0.0814. The maximum Gasteiger partial charge on any atom is 0.174 e. The maximum absolute atomic E-state index is 13.8. The molecule has 0 aliphatic heterocycles. The number of rotatable bonds is 3. The Balaban J connectivity index is 2.42. The topological polar surface area (TPSA) is 26.3 Å². The van der Waals surface area contributed by atoms with Gasteiger partial charge in [0.2, 0.25) is 0 Å². The lowest BCUT2D eigenvalue weighted by Gasteiger charge is -2.22. The van der Waals surface area contributed by atoms with Crippen LogP contribution in [0.3, 0.4) is 0 Å². The molecule has 1 fully saturated rings. The van der Waals surface area contributed by atoms with E-state index in [1.165, 1.54) is 7.11 Å². The fourth-order valence-electron chi connectivity index (χ4n) is 2.57. The third-order valence-electron chi connectivity index (χ3n) is 3.73. The average Bonchev–Trinajstić information content (AvgIpc) is 2.76. The van der Waals surface area contributed by atoms with E-state index in [1.807, 2.05) is 0 Å². The van der Waals surface area contributed by atoms with Crippen LogP contribution in [0.25, 0.3) is 0 Å². The highest BCUT2D eigenvalue weighted by Crippen LogP contribution is 2.41. The second-order valence-electron chi connectivity index (χ2n) is 5.06. The molecule has 1 saturated carbocycles. The van der Waals surface area contributed by atoms with E-state index < -0.39 is 28.4 Å². The van der Waals surface area contributed by atoms with Gasteiger partial charge in [-0.15, -0.1) is 0 Å². The summed E-state index contributed by atoms with van der Waals surface area (Å²) in [5, 5.41) is 0. The summed E-state index contributed by atoms with van der Waals surface area (Å²) in [6.45, 7) is 1.78. The number of Topliss-reactive ketones (excluding diaryl/α,β-unsaturated/α-hetero) is 1. The van der Waals surface area contributed by atoms with Gasteiger partial charge in [0.15, 0.2) is 5.78 Å². The molecule has 1 aliphatic rings. The second-order valence-corrected chi connectivity index (χ2v) is 5.06. The zero-order valence-corrected chi connectivity index (χ0v) is 10.6. The van der Waals surface area contributed by atoms with Crippen molar-refractivity contribution in [2.24, 2.45) is 5.41 Å². The fraction of sp³-hybridized carbons (Fsp3) is 0.500. The minimum Gasteiger partial charge on any atom is -0.497 e. The molecule has 0 spiro atoms. The predicted molar refractivity (Wildman–Crippen MR) is 63.8 cm³/mol. The van der Waals surface area contributed by atoms with Gasteiger partial charge in [-0.3, -0.25) is 4.79 Å². The molecular weight excluding hydrogens is 238 g/mol. The van der Waals surface area contributed by atoms with Crippen LogP contribution in [0.15, 0.2) is 12.1 Å². The largest absolute Gasteiger partial charge is 0.497 e. The standard InChI is InChI=1S/C14H16F2O2/c1-14(5-3-4-6-14)13(17)12-10(15)7-9(18-2)8-11(12)16/h7-8H,3-6H2,1-2H3. The Bertz CT molecular complexity index is 454. The highest BCUT2D eigenvalue weighted by molar-refractivity contribution is 6.01. The van der Waals surface area contributed by atoms with Crippen LogP contribution in [0.4, 0.5) is 8.78 Å². The lowest BCUT2D eigenvalue weighted by Crippen LogP contribution is -2.26. The van der Waals surface area contributed by atoms with E-state index >= 15 is 0 Å². The Kier molecular flexibility index (Phi) is 3.37. The molecular formula is C14H16F2O2. The number of ether oxygens (including phenoxy) is 1. The van der Waals surface area contributed by atoms with Gasteiger partial charge in [0.25, 0.3) is 0 Å². The number of carbonyl (C=O) groups is 1. The Morgan fingerprint density at radius 2 is 1.72 bits per heavy atom. The predicted octanol–water partition coefficient (Wildman–Crippen LogP) is 3.74. The highest BCUT2D eigenvalue weighted by Gasteiger charge is 2.39. The van der Waals surface area contributed by atoms with Gasteiger partial charge in [-0.1, -0.05) is 19.8 Å². The van der Waals surface area contributed by atoms with Crippen LogP contribution in [0.2, 0.25) is 0 Å². The van der Waals surface area contributed by atoms with Crippen molar-refractivity contribution in [2.45, 2.75) is 32.6 Å². The summed E-state index contributed by atoms with van der Waals surface area (Å²) >= 11 is 0. The Morgan fingerprint density at radius 1 is 1.22 bits per heavy atom. The highest BCUT2D eigenvalue weighted by atomic mass is 19.1. The van der Waals surface area contributed by atoms with E-state index in [9.17, 15) is 13.6 Å². The Labute approximate surface area is 105 Å². The summed E-state index contributed by atoms with van der Waals surface area (Å²) in [5.74, 6) is -2.04.